The SMILES string of the molecule is CCC(=O)CCCCCCc1ncc(-c2ccc3nc(CC)ccc3c2)[nH]1. The van der Waals surface area contributed by atoms with Crippen molar-refractivity contribution in [2.75, 3.05) is 0 Å². The maximum atomic E-state index is 11.3. The van der Waals surface area contributed by atoms with E-state index < -0.39 is 0 Å². The van der Waals surface area contributed by atoms with Crippen LogP contribution in [0.1, 0.15) is 63.9 Å². The molecule has 4 heteroatoms. The predicted octanol–water partition coefficient (Wildman–Crippen LogP) is 5.66. The molecule has 0 spiro atoms. The van der Waals surface area contributed by atoms with Crippen molar-refractivity contribution in [2.24, 2.45) is 0 Å². The Morgan fingerprint density at radius 1 is 1.04 bits per heavy atom. The van der Waals surface area contributed by atoms with Gasteiger partial charge >= 0.3 is 0 Å². The standard InChI is InChI=1S/C23H29N3O/c1-3-19-13-11-17-15-18(12-14-21(17)25-19)22-16-24-23(26-22)10-8-6-5-7-9-20(27)4-2/h11-16H,3-10H2,1-2H3,(H,24,26). The Kier molecular flexibility index (Phi) is 6.74. The van der Waals surface area contributed by atoms with Gasteiger partial charge in [0, 0.05) is 35.9 Å². The second-order valence-electron chi connectivity index (χ2n) is 7.11. The minimum Gasteiger partial charge on any atom is -0.342 e. The quantitative estimate of drug-likeness (QED) is 0.473. The van der Waals surface area contributed by atoms with E-state index in [1.54, 1.807) is 0 Å². The second kappa shape index (κ2) is 9.45. The lowest BCUT2D eigenvalue weighted by Crippen LogP contribution is -1.94. The molecule has 0 bridgehead atoms. The number of imidazole rings is 1. The zero-order chi connectivity index (χ0) is 19.1. The molecule has 0 saturated carbocycles. The Morgan fingerprint density at radius 3 is 2.70 bits per heavy atom. The number of fused-ring (bicyclic) bond motifs is 1. The van der Waals surface area contributed by atoms with E-state index in [4.69, 9.17) is 0 Å². The Balaban J connectivity index is 1.54. The van der Waals surface area contributed by atoms with E-state index in [1.165, 1.54) is 0 Å². The van der Waals surface area contributed by atoms with Crippen LogP contribution in [-0.2, 0) is 17.6 Å². The molecule has 0 fully saturated rings. The van der Waals surface area contributed by atoms with Gasteiger partial charge < -0.3 is 4.98 Å². The van der Waals surface area contributed by atoms with Crippen LogP contribution in [0.3, 0.4) is 0 Å². The Labute approximate surface area is 161 Å². The third-order valence-corrected chi connectivity index (χ3v) is 5.06. The predicted molar refractivity (Wildman–Crippen MR) is 111 cm³/mol. The van der Waals surface area contributed by atoms with Crippen LogP contribution in [0.5, 0.6) is 0 Å². The molecule has 0 radical (unpaired) electrons. The van der Waals surface area contributed by atoms with Gasteiger partial charge in [0.05, 0.1) is 17.4 Å². The van der Waals surface area contributed by atoms with Gasteiger partial charge in [-0.1, -0.05) is 38.8 Å². The van der Waals surface area contributed by atoms with Gasteiger partial charge in [0.2, 0.25) is 0 Å². The summed E-state index contributed by atoms with van der Waals surface area (Å²) in [5.74, 6) is 1.41. The van der Waals surface area contributed by atoms with Crippen molar-refractivity contribution in [3.05, 3.63) is 48.0 Å². The fourth-order valence-corrected chi connectivity index (χ4v) is 3.31. The largest absolute Gasteiger partial charge is 0.342 e. The van der Waals surface area contributed by atoms with Crippen LogP contribution in [0.2, 0.25) is 0 Å². The number of aryl methyl sites for hydroxylation is 2. The fourth-order valence-electron chi connectivity index (χ4n) is 3.31. The first-order valence-electron chi connectivity index (χ1n) is 10.1. The summed E-state index contributed by atoms with van der Waals surface area (Å²) < 4.78 is 0. The van der Waals surface area contributed by atoms with Gasteiger partial charge in [-0.3, -0.25) is 9.78 Å². The molecule has 4 nitrogen and oxygen atoms in total. The molecule has 0 atom stereocenters. The molecular formula is C23H29N3O. The number of H-pyrrole nitrogens is 1. The highest BCUT2D eigenvalue weighted by Gasteiger charge is 2.06. The molecule has 0 aliphatic rings. The topological polar surface area (TPSA) is 58.6 Å². The van der Waals surface area contributed by atoms with E-state index in [0.29, 0.717) is 12.2 Å². The van der Waals surface area contributed by atoms with E-state index in [2.05, 4.69) is 52.2 Å². The highest BCUT2D eigenvalue weighted by Crippen LogP contribution is 2.23. The summed E-state index contributed by atoms with van der Waals surface area (Å²) in [5, 5.41) is 1.16. The molecule has 1 aromatic carbocycles. The number of hydrogen-bond donors (Lipinski definition) is 1. The summed E-state index contributed by atoms with van der Waals surface area (Å²) in [7, 11) is 0. The lowest BCUT2D eigenvalue weighted by Gasteiger charge is -2.03. The van der Waals surface area contributed by atoms with Gasteiger partial charge in [-0.2, -0.15) is 0 Å². The van der Waals surface area contributed by atoms with Crippen LogP contribution in [0, 0.1) is 0 Å². The van der Waals surface area contributed by atoms with Gasteiger partial charge in [-0.25, -0.2) is 4.98 Å². The summed E-state index contributed by atoms with van der Waals surface area (Å²) in [6.07, 6.45) is 9.62. The normalized spacial score (nSPS) is 11.2. The molecule has 0 aliphatic carbocycles. The number of hydrogen-bond acceptors (Lipinski definition) is 3. The van der Waals surface area contributed by atoms with E-state index >= 15 is 0 Å². The molecule has 3 aromatic rings. The monoisotopic (exact) mass is 363 g/mol. The summed E-state index contributed by atoms with van der Waals surface area (Å²) >= 11 is 0. The molecule has 1 N–H and O–H groups in total. The number of nitrogens with zero attached hydrogens (tertiary/aromatic N) is 2. The van der Waals surface area contributed by atoms with Crippen molar-refractivity contribution in [3.8, 4) is 11.3 Å². The first kappa shape index (κ1) is 19.3. The molecule has 0 aliphatic heterocycles. The van der Waals surface area contributed by atoms with Gasteiger partial charge in [-0.15, -0.1) is 0 Å². The Bertz CT molecular complexity index is 898. The minimum absolute atomic E-state index is 0.377. The summed E-state index contributed by atoms with van der Waals surface area (Å²) in [6, 6.07) is 10.6. The molecule has 2 aromatic heterocycles. The van der Waals surface area contributed by atoms with Gasteiger partial charge in [0.1, 0.15) is 11.6 Å². The van der Waals surface area contributed by atoms with Crippen molar-refractivity contribution in [1.82, 2.24) is 15.0 Å². The summed E-state index contributed by atoms with van der Waals surface area (Å²) in [4.78, 5) is 23.9. The molecule has 0 unspecified atom stereocenters. The van der Waals surface area contributed by atoms with Crippen LogP contribution in [0.4, 0.5) is 0 Å². The number of ketones is 1. The number of aromatic nitrogens is 3. The van der Waals surface area contributed by atoms with Crippen molar-refractivity contribution >= 4 is 16.7 Å². The number of benzene rings is 1. The number of carbonyl (C=O) groups excluding carboxylic acids is 1. The van der Waals surface area contributed by atoms with E-state index in [-0.39, 0.29) is 0 Å². The van der Waals surface area contributed by atoms with Gasteiger partial charge in [0.25, 0.3) is 0 Å². The Morgan fingerprint density at radius 2 is 1.89 bits per heavy atom. The third-order valence-electron chi connectivity index (χ3n) is 5.06. The fraction of sp³-hybridized carbons (Fsp3) is 0.435. The molecule has 142 valence electrons. The zero-order valence-electron chi connectivity index (χ0n) is 16.4. The summed E-state index contributed by atoms with van der Waals surface area (Å²) in [5.41, 5.74) is 4.36. The van der Waals surface area contributed by atoms with Gasteiger partial charge in [-0.05, 0) is 37.5 Å². The van der Waals surface area contributed by atoms with Crippen LogP contribution >= 0.6 is 0 Å². The van der Waals surface area contributed by atoms with E-state index in [9.17, 15) is 4.79 Å². The number of nitrogens with one attached hydrogen (secondary N) is 1. The number of unbranched alkanes of at least 4 members (excludes halogenated alkanes) is 3. The molecule has 27 heavy (non-hydrogen) atoms. The minimum atomic E-state index is 0.377. The molecule has 0 saturated heterocycles. The maximum Gasteiger partial charge on any atom is 0.132 e. The Hall–Kier alpha value is -2.49. The first-order valence-corrected chi connectivity index (χ1v) is 10.1. The summed E-state index contributed by atoms with van der Waals surface area (Å²) in [6.45, 7) is 4.06. The van der Waals surface area contributed by atoms with Crippen LogP contribution in [0.25, 0.3) is 22.2 Å². The highest BCUT2D eigenvalue weighted by atomic mass is 16.1. The lowest BCUT2D eigenvalue weighted by atomic mass is 10.1. The number of pyridine rings is 1. The zero-order valence-corrected chi connectivity index (χ0v) is 16.4. The lowest BCUT2D eigenvalue weighted by molar-refractivity contribution is -0.118. The molecule has 2 heterocycles. The van der Waals surface area contributed by atoms with Crippen LogP contribution < -0.4 is 0 Å². The average Bonchev–Trinajstić information content (AvgIpc) is 3.18. The van der Waals surface area contributed by atoms with Crippen molar-refractivity contribution in [3.63, 3.8) is 0 Å². The van der Waals surface area contributed by atoms with Crippen molar-refractivity contribution in [2.45, 2.75) is 65.2 Å². The van der Waals surface area contributed by atoms with Crippen molar-refractivity contribution < 1.29 is 4.79 Å². The third kappa shape index (κ3) is 5.25. The van der Waals surface area contributed by atoms with Crippen LogP contribution in [0.15, 0.2) is 36.5 Å². The maximum absolute atomic E-state index is 11.3. The van der Waals surface area contributed by atoms with Crippen LogP contribution in [-0.4, -0.2) is 20.7 Å². The number of Topliss-reactive ketones (excluding diaryl/α,β-unsaturated/α-hetero) is 1. The average molecular weight is 364 g/mol. The van der Waals surface area contributed by atoms with Crippen molar-refractivity contribution in [1.29, 1.82) is 0 Å². The highest BCUT2D eigenvalue weighted by molar-refractivity contribution is 5.83. The number of rotatable bonds is 10. The molecule has 3 rings (SSSR count). The second-order valence-corrected chi connectivity index (χ2v) is 7.11. The number of carbonyl (C=O) groups is 1. The smallest absolute Gasteiger partial charge is 0.132 e. The molecule has 0 amide bonds. The van der Waals surface area contributed by atoms with Gasteiger partial charge in [0.15, 0.2) is 0 Å². The number of aromatic amines is 1. The van der Waals surface area contributed by atoms with E-state index in [0.717, 1.165) is 78.6 Å². The van der Waals surface area contributed by atoms with E-state index in [1.807, 2.05) is 13.1 Å². The molecular weight excluding hydrogens is 334 g/mol. The first-order chi connectivity index (χ1) is 13.2.